The maximum Gasteiger partial charge on any atom is 0.180 e. The van der Waals surface area contributed by atoms with Gasteiger partial charge in [0, 0.05) is 49.4 Å². The second kappa shape index (κ2) is 12.4. The van der Waals surface area contributed by atoms with Crippen molar-refractivity contribution >= 4 is 65.7 Å². The van der Waals surface area contributed by atoms with Crippen LogP contribution in [0.2, 0.25) is 0 Å². The van der Waals surface area contributed by atoms with E-state index in [1.807, 2.05) is 36.4 Å². The van der Waals surface area contributed by atoms with E-state index in [9.17, 15) is 0 Å². The van der Waals surface area contributed by atoms with Gasteiger partial charge in [-0.15, -0.1) is 0 Å². The van der Waals surface area contributed by atoms with Crippen LogP contribution in [0.25, 0.3) is 111 Å². The zero-order chi connectivity index (χ0) is 37.5. The number of hydrogen-bond donors (Lipinski definition) is 0. The average Bonchev–Trinajstić information content (AvgIpc) is 3.94. The summed E-state index contributed by atoms with van der Waals surface area (Å²) in [4.78, 5) is 10.2. The number of furan rings is 1. The Morgan fingerprint density at radius 3 is 1.81 bits per heavy atom. The highest BCUT2D eigenvalue weighted by Gasteiger charge is 2.21. The highest BCUT2D eigenvalue weighted by atomic mass is 16.3. The molecular weight excluding hydrogens is 697 g/mol. The van der Waals surface area contributed by atoms with Crippen LogP contribution in [-0.2, 0) is 0 Å². The largest absolute Gasteiger partial charge is 0.452 e. The van der Waals surface area contributed by atoms with Gasteiger partial charge >= 0.3 is 0 Å². The van der Waals surface area contributed by atoms with Gasteiger partial charge in [-0.25, -0.2) is 9.97 Å². The van der Waals surface area contributed by atoms with Crippen LogP contribution in [0.5, 0.6) is 0 Å². The van der Waals surface area contributed by atoms with Crippen molar-refractivity contribution in [2.75, 3.05) is 0 Å². The van der Waals surface area contributed by atoms with E-state index in [0.29, 0.717) is 11.4 Å². The van der Waals surface area contributed by atoms with Crippen LogP contribution in [0.1, 0.15) is 0 Å². The van der Waals surface area contributed by atoms with Crippen molar-refractivity contribution in [3.05, 3.63) is 194 Å². The SMILES string of the molecule is c1ccc(-c2nc(-c3ccccc3)c3oc4ccc(-n5c6ccccc6c6cc(-c7cccc8c7c7ccccc7n8-c7ccccc7)ccc65)cc4c3n2)cc1. The monoisotopic (exact) mass is 728 g/mol. The molecule has 0 aliphatic carbocycles. The van der Waals surface area contributed by atoms with Crippen molar-refractivity contribution in [2.24, 2.45) is 0 Å². The van der Waals surface area contributed by atoms with E-state index in [1.54, 1.807) is 0 Å². The molecule has 5 nitrogen and oxygen atoms in total. The lowest BCUT2D eigenvalue weighted by atomic mass is 9.98. The topological polar surface area (TPSA) is 48.8 Å². The fraction of sp³-hybridized carbons (Fsp3) is 0. The smallest absolute Gasteiger partial charge is 0.180 e. The van der Waals surface area contributed by atoms with Gasteiger partial charge in [-0.05, 0) is 71.8 Å². The lowest BCUT2D eigenvalue weighted by Crippen LogP contribution is -1.95. The van der Waals surface area contributed by atoms with Crippen molar-refractivity contribution in [3.8, 4) is 45.1 Å². The molecular formula is C52H32N4O. The molecule has 12 rings (SSSR count). The third-order valence-corrected chi connectivity index (χ3v) is 11.3. The van der Waals surface area contributed by atoms with Crippen molar-refractivity contribution in [2.45, 2.75) is 0 Å². The van der Waals surface area contributed by atoms with Crippen molar-refractivity contribution in [1.29, 1.82) is 0 Å². The maximum atomic E-state index is 6.60. The van der Waals surface area contributed by atoms with Gasteiger partial charge < -0.3 is 13.6 Å². The number of aromatic nitrogens is 4. The molecule has 0 aliphatic rings. The van der Waals surface area contributed by atoms with Gasteiger partial charge in [-0.2, -0.15) is 0 Å². The maximum absolute atomic E-state index is 6.60. The summed E-state index contributed by atoms with van der Waals surface area (Å²) in [6, 6.07) is 68.5. The molecule has 4 aromatic heterocycles. The zero-order valence-electron chi connectivity index (χ0n) is 30.7. The van der Waals surface area contributed by atoms with Crippen molar-refractivity contribution < 1.29 is 4.42 Å². The lowest BCUT2D eigenvalue weighted by molar-refractivity contribution is 0.667. The van der Waals surface area contributed by atoms with Crippen LogP contribution in [-0.4, -0.2) is 19.1 Å². The standard InChI is InChI=1S/C52H32N4O/c1-4-15-33(16-5-1)49-51-50(54-52(53-49)34-17-6-2-7-18-34)42-32-37(28-30-47(42)57-51)56-43-24-12-10-21-39(43)41-31-35(27-29-45(41)56)38-23-14-26-46-48(38)40-22-11-13-25-44(40)55(46)36-19-8-3-9-20-36/h1-32H. The fourth-order valence-corrected chi connectivity index (χ4v) is 8.81. The first kappa shape index (κ1) is 31.6. The van der Waals surface area contributed by atoms with Gasteiger partial charge in [-0.3, -0.25) is 0 Å². The van der Waals surface area contributed by atoms with E-state index in [4.69, 9.17) is 14.4 Å². The van der Waals surface area contributed by atoms with Gasteiger partial charge in [0.15, 0.2) is 11.4 Å². The predicted octanol–water partition coefficient (Wildman–Crippen LogP) is 13.6. The second-order valence-corrected chi connectivity index (χ2v) is 14.6. The molecule has 0 radical (unpaired) electrons. The number of hydrogen-bond acceptors (Lipinski definition) is 3. The number of benzene rings is 8. The third-order valence-electron chi connectivity index (χ3n) is 11.3. The molecule has 0 bridgehead atoms. The molecule has 0 unspecified atom stereocenters. The Morgan fingerprint density at radius 1 is 0.386 bits per heavy atom. The fourth-order valence-electron chi connectivity index (χ4n) is 8.81. The molecule has 0 N–H and O–H groups in total. The highest BCUT2D eigenvalue weighted by molar-refractivity contribution is 6.17. The Morgan fingerprint density at radius 2 is 1.02 bits per heavy atom. The number of fused-ring (bicyclic) bond motifs is 9. The molecule has 0 spiro atoms. The molecule has 5 heteroatoms. The average molecular weight is 729 g/mol. The van der Waals surface area contributed by atoms with Crippen molar-refractivity contribution in [1.82, 2.24) is 19.1 Å². The lowest BCUT2D eigenvalue weighted by Gasteiger charge is -2.10. The molecule has 0 amide bonds. The first-order chi connectivity index (χ1) is 28.3. The summed E-state index contributed by atoms with van der Waals surface area (Å²) >= 11 is 0. The third kappa shape index (κ3) is 4.82. The van der Waals surface area contributed by atoms with E-state index in [0.717, 1.165) is 55.7 Å². The van der Waals surface area contributed by atoms with Crippen LogP contribution in [0, 0.1) is 0 Å². The van der Waals surface area contributed by atoms with E-state index in [2.05, 4.69) is 167 Å². The Bertz CT molecular complexity index is 3510. The highest BCUT2D eigenvalue weighted by Crippen LogP contribution is 2.42. The molecule has 0 saturated heterocycles. The van der Waals surface area contributed by atoms with Gasteiger partial charge in [0.25, 0.3) is 0 Å². The first-order valence-corrected chi connectivity index (χ1v) is 19.3. The summed E-state index contributed by atoms with van der Waals surface area (Å²) in [7, 11) is 0. The van der Waals surface area contributed by atoms with Gasteiger partial charge in [0.2, 0.25) is 0 Å². The van der Waals surface area contributed by atoms with E-state index >= 15 is 0 Å². The van der Waals surface area contributed by atoms with Crippen LogP contribution < -0.4 is 0 Å². The molecule has 0 aliphatic heterocycles. The summed E-state index contributed by atoms with van der Waals surface area (Å²) in [5, 5.41) is 5.84. The minimum atomic E-state index is 0.668. The number of para-hydroxylation sites is 3. The molecule has 0 fully saturated rings. The van der Waals surface area contributed by atoms with Crippen LogP contribution >= 0.6 is 0 Å². The Kier molecular flexibility index (Phi) is 6.86. The van der Waals surface area contributed by atoms with E-state index in [-0.39, 0.29) is 0 Å². The molecule has 0 atom stereocenters. The predicted molar refractivity (Wildman–Crippen MR) is 234 cm³/mol. The van der Waals surface area contributed by atoms with Gasteiger partial charge in [0.05, 0.1) is 22.1 Å². The Hall–Kier alpha value is -7.76. The summed E-state index contributed by atoms with van der Waals surface area (Å²) in [5.41, 5.74) is 14.2. The van der Waals surface area contributed by atoms with E-state index in [1.165, 1.54) is 43.7 Å². The number of nitrogens with zero attached hydrogens (tertiary/aromatic N) is 4. The molecule has 8 aromatic carbocycles. The Labute approximate surface area is 327 Å². The van der Waals surface area contributed by atoms with E-state index < -0.39 is 0 Å². The summed E-state index contributed by atoms with van der Waals surface area (Å²) in [6.45, 7) is 0. The zero-order valence-corrected chi connectivity index (χ0v) is 30.7. The molecule has 4 heterocycles. The summed E-state index contributed by atoms with van der Waals surface area (Å²) < 4.78 is 11.3. The van der Waals surface area contributed by atoms with Crippen molar-refractivity contribution in [3.63, 3.8) is 0 Å². The quantitative estimate of drug-likeness (QED) is 0.177. The molecule has 12 aromatic rings. The van der Waals surface area contributed by atoms with Crippen LogP contribution in [0.4, 0.5) is 0 Å². The molecule has 266 valence electrons. The van der Waals surface area contributed by atoms with Crippen LogP contribution in [0.15, 0.2) is 199 Å². The summed E-state index contributed by atoms with van der Waals surface area (Å²) in [6.07, 6.45) is 0. The Balaban J connectivity index is 1.07. The minimum Gasteiger partial charge on any atom is -0.452 e. The molecule has 57 heavy (non-hydrogen) atoms. The minimum absolute atomic E-state index is 0.668. The summed E-state index contributed by atoms with van der Waals surface area (Å²) in [5.74, 6) is 0.668. The normalized spacial score (nSPS) is 11.9. The van der Waals surface area contributed by atoms with Gasteiger partial charge in [0.1, 0.15) is 16.8 Å². The first-order valence-electron chi connectivity index (χ1n) is 19.3. The second-order valence-electron chi connectivity index (χ2n) is 14.6. The molecule has 0 saturated carbocycles. The number of rotatable bonds is 5. The van der Waals surface area contributed by atoms with Gasteiger partial charge in [-0.1, -0.05) is 133 Å². The van der Waals surface area contributed by atoms with Crippen LogP contribution in [0.3, 0.4) is 0 Å².